The molecule has 3 N–H and O–H groups in total. The van der Waals surface area contributed by atoms with E-state index < -0.39 is 12.0 Å². The summed E-state index contributed by atoms with van der Waals surface area (Å²) >= 11 is 1.61. The van der Waals surface area contributed by atoms with Crippen molar-refractivity contribution in [2.24, 2.45) is 0 Å². The summed E-state index contributed by atoms with van der Waals surface area (Å²) in [4.78, 5) is 31.7. The van der Waals surface area contributed by atoms with E-state index in [0.29, 0.717) is 12.0 Å². The van der Waals surface area contributed by atoms with Crippen LogP contribution in [0.3, 0.4) is 0 Å². The van der Waals surface area contributed by atoms with Crippen LogP contribution in [0.1, 0.15) is 41.9 Å². The number of nitrogens with one attached hydrogen (secondary N) is 3. The van der Waals surface area contributed by atoms with Crippen LogP contribution < -0.4 is 10.6 Å². The molecule has 10 heteroatoms. The van der Waals surface area contributed by atoms with E-state index in [1.807, 2.05) is 18.4 Å². The largest absolute Gasteiger partial charge is 0.467 e. The molecule has 7 nitrogen and oxygen atoms in total. The van der Waals surface area contributed by atoms with Crippen molar-refractivity contribution in [2.45, 2.75) is 31.8 Å². The first-order chi connectivity index (χ1) is 13.1. The highest BCUT2D eigenvalue weighted by molar-refractivity contribution is 7.98. The van der Waals surface area contributed by atoms with E-state index in [1.54, 1.807) is 36.4 Å². The molecule has 29 heavy (non-hydrogen) atoms. The maximum atomic E-state index is 12.6. The number of amides is 1. The lowest BCUT2D eigenvalue weighted by atomic mass is 10.1. The van der Waals surface area contributed by atoms with E-state index in [-0.39, 0.29) is 36.8 Å². The number of anilines is 1. The molecular weight excluding hydrogens is 435 g/mol. The number of hydrogen-bond acceptors (Lipinski definition) is 6. The van der Waals surface area contributed by atoms with Gasteiger partial charge in [-0.1, -0.05) is 13.0 Å². The summed E-state index contributed by atoms with van der Waals surface area (Å²) in [5.74, 6) is 0.0194. The Hall–Kier alpha value is -1.90. The van der Waals surface area contributed by atoms with Gasteiger partial charge in [0.15, 0.2) is 0 Å². The molecule has 1 aromatic carbocycles. The first kappa shape index (κ1) is 27.1. The summed E-state index contributed by atoms with van der Waals surface area (Å²) in [5.41, 5.74) is 2.29. The van der Waals surface area contributed by atoms with Crippen LogP contribution in [0, 0.1) is 0 Å². The van der Waals surface area contributed by atoms with Crippen molar-refractivity contribution in [2.75, 3.05) is 24.4 Å². The van der Waals surface area contributed by atoms with Crippen molar-refractivity contribution in [3.63, 3.8) is 0 Å². The number of aromatic nitrogens is 2. The van der Waals surface area contributed by atoms with Crippen LogP contribution >= 0.6 is 36.6 Å². The molecule has 2 unspecified atom stereocenters. The van der Waals surface area contributed by atoms with E-state index in [4.69, 9.17) is 4.74 Å². The summed E-state index contributed by atoms with van der Waals surface area (Å²) in [5, 5.41) is 6.17. The summed E-state index contributed by atoms with van der Waals surface area (Å²) in [6.45, 7) is 2.07. The van der Waals surface area contributed by atoms with Crippen LogP contribution in [0.5, 0.6) is 0 Å². The Bertz CT molecular complexity index is 747. The molecule has 1 aromatic heterocycles. The molecule has 0 saturated heterocycles. The Labute approximate surface area is 188 Å². The predicted octanol–water partition coefficient (Wildman–Crippen LogP) is 3.84. The molecule has 0 aliphatic rings. The summed E-state index contributed by atoms with van der Waals surface area (Å²) in [6, 6.07) is 6.63. The number of carbonyl (C=O) groups is 2. The second-order valence-corrected chi connectivity index (χ2v) is 7.01. The molecule has 1 heterocycles. The molecular formula is C19H28Cl2N4O3S. The molecule has 2 aromatic rings. The Balaban J connectivity index is 0.00000392. The second-order valence-electron chi connectivity index (χ2n) is 6.02. The average molecular weight is 463 g/mol. The highest BCUT2D eigenvalue weighted by Crippen LogP contribution is 2.21. The molecule has 162 valence electrons. The lowest BCUT2D eigenvalue weighted by Gasteiger charge is -2.18. The number of carbonyl (C=O) groups excluding carboxylic acids is 2. The number of nitrogens with zero attached hydrogens (tertiary/aromatic N) is 1. The fraction of sp³-hybridized carbons (Fsp3) is 0.421. The molecule has 0 saturated carbocycles. The fourth-order valence-corrected chi connectivity index (χ4v) is 3.15. The minimum absolute atomic E-state index is 0. The number of thioether (sulfide) groups is 1. The number of hydrogen-bond donors (Lipinski definition) is 3. The molecule has 0 bridgehead atoms. The molecule has 0 radical (unpaired) electrons. The van der Waals surface area contributed by atoms with Crippen LogP contribution in [-0.4, -0.2) is 47.0 Å². The number of aromatic amines is 1. The lowest BCUT2D eigenvalue weighted by Crippen LogP contribution is -2.41. The zero-order chi connectivity index (χ0) is 19.6. The van der Waals surface area contributed by atoms with Crippen molar-refractivity contribution >= 4 is 54.1 Å². The maximum absolute atomic E-state index is 12.6. The summed E-state index contributed by atoms with van der Waals surface area (Å²) < 4.78 is 4.79. The van der Waals surface area contributed by atoms with Crippen LogP contribution in [0.2, 0.25) is 0 Å². The highest BCUT2D eigenvalue weighted by Gasteiger charge is 2.22. The molecule has 0 fully saturated rings. The number of H-pyrrole nitrogens is 1. The zero-order valence-electron chi connectivity index (χ0n) is 16.6. The van der Waals surface area contributed by atoms with Gasteiger partial charge in [-0.3, -0.25) is 4.79 Å². The van der Waals surface area contributed by atoms with Crippen LogP contribution in [0.15, 0.2) is 36.8 Å². The van der Waals surface area contributed by atoms with E-state index in [9.17, 15) is 9.59 Å². The van der Waals surface area contributed by atoms with Gasteiger partial charge in [0.2, 0.25) is 0 Å². The molecule has 0 aliphatic carbocycles. The lowest BCUT2D eigenvalue weighted by molar-refractivity contribution is -0.142. The third kappa shape index (κ3) is 8.16. The predicted molar refractivity (Wildman–Crippen MR) is 122 cm³/mol. The molecule has 2 atom stereocenters. The SMILES string of the molecule is CCC(Nc1cccc(C(=O)NC(CCSC)C(=O)OC)c1)c1cnc[nH]1.Cl.Cl. The van der Waals surface area contributed by atoms with Gasteiger partial charge >= 0.3 is 5.97 Å². The van der Waals surface area contributed by atoms with Crippen molar-refractivity contribution in [3.8, 4) is 0 Å². The Kier molecular flexibility index (Phi) is 13.2. The van der Waals surface area contributed by atoms with Gasteiger partial charge in [0, 0.05) is 11.3 Å². The normalized spacial score (nSPS) is 12.0. The number of esters is 1. The first-order valence-corrected chi connectivity index (χ1v) is 10.2. The first-order valence-electron chi connectivity index (χ1n) is 8.81. The highest BCUT2D eigenvalue weighted by atomic mass is 35.5. The molecule has 1 amide bonds. The number of imidazole rings is 1. The number of halogens is 2. The average Bonchev–Trinajstić information content (AvgIpc) is 3.23. The van der Waals surface area contributed by atoms with Gasteiger partial charge in [-0.2, -0.15) is 11.8 Å². The van der Waals surface area contributed by atoms with E-state index in [2.05, 4.69) is 27.5 Å². The second kappa shape index (κ2) is 14.1. The third-order valence-corrected chi connectivity index (χ3v) is 4.81. The van der Waals surface area contributed by atoms with Gasteiger partial charge in [-0.25, -0.2) is 9.78 Å². The summed E-state index contributed by atoms with van der Waals surface area (Å²) in [6.07, 6.45) is 6.76. The topological polar surface area (TPSA) is 96.1 Å². The Morgan fingerprint density at radius 1 is 1.31 bits per heavy atom. The third-order valence-electron chi connectivity index (χ3n) is 4.17. The van der Waals surface area contributed by atoms with Crippen LogP contribution in [0.4, 0.5) is 5.69 Å². The molecule has 0 aliphatic heterocycles. The quantitative estimate of drug-likeness (QED) is 0.464. The van der Waals surface area contributed by atoms with Crippen molar-refractivity contribution in [1.29, 1.82) is 0 Å². The van der Waals surface area contributed by atoms with Crippen molar-refractivity contribution in [1.82, 2.24) is 15.3 Å². The number of rotatable bonds is 10. The van der Waals surface area contributed by atoms with Gasteiger partial charge < -0.3 is 20.4 Å². The smallest absolute Gasteiger partial charge is 0.328 e. The minimum atomic E-state index is -0.653. The Morgan fingerprint density at radius 3 is 2.66 bits per heavy atom. The molecule has 0 spiro atoms. The van der Waals surface area contributed by atoms with Gasteiger partial charge in [0.05, 0.1) is 31.4 Å². The monoisotopic (exact) mass is 462 g/mol. The van der Waals surface area contributed by atoms with Gasteiger partial charge in [0.25, 0.3) is 5.91 Å². The van der Waals surface area contributed by atoms with Crippen LogP contribution in [-0.2, 0) is 9.53 Å². The van der Waals surface area contributed by atoms with Crippen molar-refractivity contribution < 1.29 is 14.3 Å². The van der Waals surface area contributed by atoms with E-state index in [0.717, 1.165) is 23.6 Å². The zero-order valence-corrected chi connectivity index (χ0v) is 19.1. The standard InChI is InChI=1S/C19H26N4O3S.2ClH/c1-4-15(17-11-20-12-21-17)22-14-7-5-6-13(10-14)18(24)23-16(8-9-27-3)19(25)26-2;;/h5-7,10-12,15-16,22H,4,8-9H2,1-3H3,(H,20,21)(H,23,24);2*1H. The van der Waals surface area contributed by atoms with Gasteiger partial charge in [0.1, 0.15) is 6.04 Å². The van der Waals surface area contributed by atoms with E-state index in [1.165, 1.54) is 7.11 Å². The van der Waals surface area contributed by atoms with Gasteiger partial charge in [-0.15, -0.1) is 24.8 Å². The number of ether oxygens (including phenoxy) is 1. The Morgan fingerprint density at radius 2 is 2.07 bits per heavy atom. The number of methoxy groups -OCH3 is 1. The fourth-order valence-electron chi connectivity index (χ4n) is 2.68. The minimum Gasteiger partial charge on any atom is -0.467 e. The van der Waals surface area contributed by atoms with Crippen LogP contribution in [0.25, 0.3) is 0 Å². The summed E-state index contributed by atoms with van der Waals surface area (Å²) in [7, 11) is 1.32. The molecule has 2 rings (SSSR count). The van der Waals surface area contributed by atoms with Gasteiger partial charge in [-0.05, 0) is 43.0 Å². The number of benzene rings is 1. The van der Waals surface area contributed by atoms with E-state index >= 15 is 0 Å². The maximum Gasteiger partial charge on any atom is 0.328 e. The van der Waals surface area contributed by atoms with Crippen molar-refractivity contribution in [3.05, 3.63) is 48.0 Å².